The zero-order valence-corrected chi connectivity index (χ0v) is 11.8. The monoisotopic (exact) mass is 243 g/mol. The fraction of sp³-hybridized carbons (Fsp3) is 0.438. The molecule has 1 aromatic heterocycles. The average molecular weight is 243 g/mol. The third-order valence-corrected chi connectivity index (χ3v) is 3.37. The molecule has 2 nitrogen and oxygen atoms in total. The zero-order chi connectivity index (χ0) is 13.3. The molecule has 0 atom stereocenters. The first-order valence-electron chi connectivity index (χ1n) is 6.51. The number of hydrogen-bond acceptors (Lipinski definition) is 2. The van der Waals surface area contributed by atoms with Crippen molar-refractivity contribution in [3.63, 3.8) is 0 Å². The van der Waals surface area contributed by atoms with E-state index >= 15 is 0 Å². The number of hydrogen-bond donors (Lipinski definition) is 0. The maximum atomic E-state index is 5.52. The van der Waals surface area contributed by atoms with Crippen LogP contribution in [0.2, 0.25) is 0 Å². The van der Waals surface area contributed by atoms with Gasteiger partial charge in [0, 0.05) is 11.6 Å². The molecule has 0 N–H and O–H groups in total. The Kier molecular flexibility index (Phi) is 3.55. The van der Waals surface area contributed by atoms with Crippen LogP contribution in [0.5, 0.6) is 5.75 Å². The summed E-state index contributed by atoms with van der Waals surface area (Å²) in [5.41, 5.74) is 3.61. The summed E-state index contributed by atoms with van der Waals surface area (Å²) >= 11 is 0. The summed E-state index contributed by atoms with van der Waals surface area (Å²) in [6, 6.07) is 6.39. The van der Waals surface area contributed by atoms with Gasteiger partial charge in [-0.1, -0.05) is 27.7 Å². The Labute approximate surface area is 109 Å². The molecule has 0 spiro atoms. The van der Waals surface area contributed by atoms with E-state index in [9.17, 15) is 0 Å². The van der Waals surface area contributed by atoms with Crippen LogP contribution in [0.15, 0.2) is 24.4 Å². The molecule has 0 radical (unpaired) electrons. The average Bonchev–Trinajstić information content (AvgIpc) is 2.35. The third kappa shape index (κ3) is 2.20. The molecule has 2 heteroatoms. The van der Waals surface area contributed by atoms with Crippen molar-refractivity contribution in [3.05, 3.63) is 35.5 Å². The van der Waals surface area contributed by atoms with Crippen molar-refractivity contribution in [1.82, 2.24) is 4.98 Å². The number of pyridine rings is 1. The molecular formula is C16H21NO. The van der Waals surface area contributed by atoms with E-state index in [1.165, 1.54) is 16.5 Å². The molecule has 0 unspecified atom stereocenters. The minimum atomic E-state index is 0.439. The molecule has 0 saturated carbocycles. The van der Waals surface area contributed by atoms with Gasteiger partial charge in [-0.2, -0.15) is 0 Å². The molecule has 1 heterocycles. The number of rotatable bonds is 3. The van der Waals surface area contributed by atoms with Crippen LogP contribution in [-0.4, -0.2) is 12.1 Å². The molecule has 2 rings (SSSR count). The molecule has 0 fully saturated rings. The fourth-order valence-electron chi connectivity index (χ4n) is 2.34. The summed E-state index contributed by atoms with van der Waals surface area (Å²) in [6.07, 6.45) is 1.90. The van der Waals surface area contributed by atoms with Crippen LogP contribution in [0.4, 0.5) is 0 Å². The summed E-state index contributed by atoms with van der Waals surface area (Å²) in [5, 5.41) is 1.20. The highest BCUT2D eigenvalue weighted by atomic mass is 16.5. The molecule has 96 valence electrons. The molecule has 0 amide bonds. The SMILES string of the molecule is COc1cc2c(C(C)C)ccnc2cc1C(C)C. The van der Waals surface area contributed by atoms with Crippen molar-refractivity contribution in [3.8, 4) is 5.75 Å². The second kappa shape index (κ2) is 4.97. The van der Waals surface area contributed by atoms with Gasteiger partial charge in [0.2, 0.25) is 0 Å². The number of methoxy groups -OCH3 is 1. The van der Waals surface area contributed by atoms with Gasteiger partial charge in [0.15, 0.2) is 0 Å². The van der Waals surface area contributed by atoms with Gasteiger partial charge in [-0.15, -0.1) is 0 Å². The predicted octanol–water partition coefficient (Wildman–Crippen LogP) is 4.49. The van der Waals surface area contributed by atoms with Gasteiger partial charge in [0.25, 0.3) is 0 Å². The number of aromatic nitrogens is 1. The lowest BCUT2D eigenvalue weighted by atomic mass is 9.95. The highest BCUT2D eigenvalue weighted by molar-refractivity contribution is 5.85. The van der Waals surface area contributed by atoms with Crippen LogP contribution >= 0.6 is 0 Å². The van der Waals surface area contributed by atoms with E-state index < -0.39 is 0 Å². The molecular weight excluding hydrogens is 222 g/mol. The fourth-order valence-corrected chi connectivity index (χ4v) is 2.34. The van der Waals surface area contributed by atoms with Crippen LogP contribution < -0.4 is 4.74 Å². The Balaban J connectivity index is 2.74. The highest BCUT2D eigenvalue weighted by Crippen LogP contribution is 2.33. The second-order valence-corrected chi connectivity index (χ2v) is 5.32. The first-order valence-corrected chi connectivity index (χ1v) is 6.51. The van der Waals surface area contributed by atoms with Crippen molar-refractivity contribution in [2.45, 2.75) is 39.5 Å². The number of benzene rings is 1. The van der Waals surface area contributed by atoms with E-state index in [1.807, 2.05) is 6.20 Å². The van der Waals surface area contributed by atoms with Gasteiger partial charge < -0.3 is 4.74 Å². The van der Waals surface area contributed by atoms with Crippen molar-refractivity contribution in [1.29, 1.82) is 0 Å². The van der Waals surface area contributed by atoms with Crippen molar-refractivity contribution in [2.24, 2.45) is 0 Å². The van der Waals surface area contributed by atoms with E-state index in [1.54, 1.807) is 7.11 Å². The van der Waals surface area contributed by atoms with Crippen LogP contribution in [-0.2, 0) is 0 Å². The Morgan fingerprint density at radius 3 is 2.22 bits per heavy atom. The van der Waals surface area contributed by atoms with Gasteiger partial charge in [0.05, 0.1) is 12.6 Å². The van der Waals surface area contributed by atoms with Gasteiger partial charge >= 0.3 is 0 Å². The van der Waals surface area contributed by atoms with E-state index in [-0.39, 0.29) is 0 Å². The Bertz CT molecular complexity index is 558. The summed E-state index contributed by atoms with van der Waals surface area (Å²) in [5.74, 6) is 1.89. The third-order valence-electron chi connectivity index (χ3n) is 3.37. The largest absolute Gasteiger partial charge is 0.496 e. The summed E-state index contributed by atoms with van der Waals surface area (Å²) in [7, 11) is 1.73. The number of fused-ring (bicyclic) bond motifs is 1. The Morgan fingerprint density at radius 2 is 1.67 bits per heavy atom. The van der Waals surface area contributed by atoms with Gasteiger partial charge in [0.1, 0.15) is 5.75 Å². The van der Waals surface area contributed by atoms with Gasteiger partial charge in [-0.3, -0.25) is 4.98 Å². The topological polar surface area (TPSA) is 22.1 Å². The van der Waals surface area contributed by atoms with E-state index in [0.717, 1.165) is 11.3 Å². The standard InChI is InChI=1S/C16H21NO/c1-10(2)12-6-7-17-15-8-13(11(3)4)16(18-5)9-14(12)15/h6-11H,1-5H3. The molecule has 0 saturated heterocycles. The number of nitrogens with zero attached hydrogens (tertiary/aromatic N) is 1. The van der Waals surface area contributed by atoms with E-state index in [2.05, 4.69) is 50.9 Å². The normalized spacial score (nSPS) is 11.5. The van der Waals surface area contributed by atoms with Crippen LogP contribution in [0, 0.1) is 0 Å². The lowest BCUT2D eigenvalue weighted by molar-refractivity contribution is 0.408. The first-order chi connectivity index (χ1) is 8.54. The van der Waals surface area contributed by atoms with Crippen LogP contribution in [0.1, 0.15) is 50.7 Å². The van der Waals surface area contributed by atoms with Crippen molar-refractivity contribution < 1.29 is 4.74 Å². The van der Waals surface area contributed by atoms with E-state index in [0.29, 0.717) is 11.8 Å². The maximum absolute atomic E-state index is 5.52. The quantitative estimate of drug-likeness (QED) is 0.792. The Morgan fingerprint density at radius 1 is 1.00 bits per heavy atom. The summed E-state index contributed by atoms with van der Waals surface area (Å²) in [4.78, 5) is 4.49. The summed E-state index contributed by atoms with van der Waals surface area (Å²) in [6.45, 7) is 8.77. The molecule has 18 heavy (non-hydrogen) atoms. The lowest BCUT2D eigenvalue weighted by Crippen LogP contribution is -1.98. The van der Waals surface area contributed by atoms with Crippen molar-refractivity contribution >= 4 is 10.9 Å². The van der Waals surface area contributed by atoms with Crippen LogP contribution in [0.3, 0.4) is 0 Å². The minimum Gasteiger partial charge on any atom is -0.496 e. The molecule has 0 aliphatic carbocycles. The summed E-state index contributed by atoms with van der Waals surface area (Å²) < 4.78 is 5.52. The number of ether oxygens (including phenoxy) is 1. The Hall–Kier alpha value is -1.57. The predicted molar refractivity (Wildman–Crippen MR) is 76.5 cm³/mol. The van der Waals surface area contributed by atoms with Gasteiger partial charge in [-0.05, 0) is 41.2 Å². The molecule has 2 aromatic rings. The van der Waals surface area contributed by atoms with E-state index in [4.69, 9.17) is 4.74 Å². The first kappa shape index (κ1) is 12.9. The van der Waals surface area contributed by atoms with Gasteiger partial charge in [-0.25, -0.2) is 0 Å². The van der Waals surface area contributed by atoms with Crippen molar-refractivity contribution in [2.75, 3.05) is 7.11 Å². The molecule has 0 bridgehead atoms. The molecule has 1 aromatic carbocycles. The second-order valence-electron chi connectivity index (χ2n) is 5.32. The maximum Gasteiger partial charge on any atom is 0.123 e. The van der Waals surface area contributed by atoms with Crippen LogP contribution in [0.25, 0.3) is 10.9 Å². The molecule has 0 aliphatic rings. The molecule has 0 aliphatic heterocycles. The zero-order valence-electron chi connectivity index (χ0n) is 11.8. The highest BCUT2D eigenvalue weighted by Gasteiger charge is 2.12. The smallest absolute Gasteiger partial charge is 0.123 e. The lowest BCUT2D eigenvalue weighted by Gasteiger charge is -2.15. The minimum absolute atomic E-state index is 0.439.